The van der Waals surface area contributed by atoms with E-state index in [4.69, 9.17) is 0 Å². The fraction of sp³-hybridized carbons (Fsp3) is 1.00. The molecule has 0 saturated heterocycles. The molecule has 0 N–H and O–H groups in total. The van der Waals surface area contributed by atoms with Crippen LogP contribution in [0, 0.1) is 0 Å². The Hall–Kier alpha value is 1.46. The van der Waals surface area contributed by atoms with E-state index in [1.54, 1.807) is 0 Å². The Balaban J connectivity index is -0.0000000865. The van der Waals surface area contributed by atoms with Crippen molar-refractivity contribution in [3.63, 3.8) is 0 Å². The van der Waals surface area contributed by atoms with E-state index in [-0.39, 0.29) is 17.4 Å². The summed E-state index contributed by atoms with van der Waals surface area (Å²) >= 11 is 14.1. The van der Waals surface area contributed by atoms with Crippen LogP contribution in [0.3, 0.4) is 0 Å². The van der Waals surface area contributed by atoms with Crippen LogP contribution in [0.4, 0.5) is 0 Å². The smallest absolute Gasteiger partial charge is 0.791 e. The van der Waals surface area contributed by atoms with E-state index in [1.807, 2.05) is 42.3 Å². The molecule has 0 amide bonds. The van der Waals surface area contributed by atoms with Gasteiger partial charge in [0, 0.05) is 0 Å². The van der Waals surface area contributed by atoms with E-state index in [1.165, 1.54) is 0 Å². The van der Waals surface area contributed by atoms with Crippen LogP contribution in [0.5, 0.6) is 0 Å². The Morgan fingerprint density at radius 2 is 0.684 bits per heavy atom. The molecule has 0 aliphatic heterocycles. The van der Waals surface area contributed by atoms with Gasteiger partial charge in [-0.2, -0.15) is 17.3 Å². The minimum Gasteiger partial charge on any atom is -0.791 e. The molecule has 0 atom stereocenters. The Bertz CT molecular complexity index is 116. The minimum atomic E-state index is 0. The number of rotatable bonds is 6. The van der Waals surface area contributed by atoms with Gasteiger partial charge in [-0.1, -0.05) is 0 Å². The number of hydrogen-bond acceptors (Lipinski definition) is 6. The van der Waals surface area contributed by atoms with Crippen molar-refractivity contribution >= 4 is 55.2 Å². The van der Waals surface area contributed by atoms with Crippen LogP contribution in [-0.4, -0.2) is 111 Å². The second-order valence-corrected chi connectivity index (χ2v) is 5.75. The molecule has 0 aliphatic rings. The zero-order valence-corrected chi connectivity index (χ0v) is 17.0. The maximum atomic E-state index is 4.69. The molecule has 0 aromatic rings. The van der Waals surface area contributed by atoms with E-state index < -0.39 is 0 Å². The molecule has 0 fully saturated rings. The van der Waals surface area contributed by atoms with Gasteiger partial charge in [0.2, 0.25) is 0 Å². The Morgan fingerprint density at radius 1 is 0.526 bits per heavy atom. The summed E-state index contributed by atoms with van der Waals surface area (Å²) in [7, 11) is 12.1. The second-order valence-electron chi connectivity index (χ2n) is 4.52. The average molecular weight is 340 g/mol. The molecule has 0 saturated carbocycles. The summed E-state index contributed by atoms with van der Waals surface area (Å²) in [6, 6.07) is 0. The number of nitrogens with zero attached hydrogens (tertiary/aromatic N) is 3. The van der Waals surface area contributed by atoms with E-state index in [0.717, 1.165) is 36.9 Å². The molecule has 114 valence electrons. The normalized spacial score (nSPS) is 9.47. The van der Waals surface area contributed by atoms with Gasteiger partial charge in [-0.25, -0.2) is 0 Å². The summed E-state index contributed by atoms with van der Waals surface area (Å²) in [5, 5.41) is 0. The zero-order chi connectivity index (χ0) is 15.0. The third-order valence-corrected chi connectivity index (χ3v) is 2.16. The Kier molecular flexibility index (Phi) is 36.8. The molecule has 0 radical (unpaired) electrons. The monoisotopic (exact) mass is 339 g/mol. The largest absolute Gasteiger partial charge is 3.00 e. The summed E-state index contributed by atoms with van der Waals surface area (Å²) < 4.78 is 0. The summed E-state index contributed by atoms with van der Waals surface area (Å²) in [6.07, 6.45) is 0. The minimum absolute atomic E-state index is 0. The van der Waals surface area contributed by atoms with Crippen LogP contribution in [-0.2, 0) is 37.9 Å². The first-order valence-corrected chi connectivity index (χ1v) is 7.73. The second kappa shape index (κ2) is 24.5. The molecule has 0 aliphatic carbocycles. The zero-order valence-electron chi connectivity index (χ0n) is 13.4. The molecular weight excluding hydrogens is 309 g/mol. The quantitative estimate of drug-likeness (QED) is 0.490. The van der Waals surface area contributed by atoms with E-state index in [9.17, 15) is 0 Å². The molecule has 0 unspecified atom stereocenters. The van der Waals surface area contributed by atoms with Gasteiger partial charge in [0.1, 0.15) is 0 Å². The molecule has 19 heavy (non-hydrogen) atoms. The van der Waals surface area contributed by atoms with Gasteiger partial charge in [-0.3, -0.25) is 0 Å². The Morgan fingerprint density at radius 3 is 0.684 bits per heavy atom. The molecule has 0 aromatic heterocycles. The van der Waals surface area contributed by atoms with Crippen LogP contribution < -0.4 is 0 Å². The maximum absolute atomic E-state index is 4.69. The van der Waals surface area contributed by atoms with Gasteiger partial charge in [0.25, 0.3) is 0 Å². The van der Waals surface area contributed by atoms with Gasteiger partial charge in [-0.05, 0) is 61.9 Å². The summed E-state index contributed by atoms with van der Waals surface area (Å²) in [5.41, 5.74) is 0. The topological polar surface area (TPSA) is 9.72 Å². The summed E-state index contributed by atoms with van der Waals surface area (Å²) in [5.74, 6) is 2.52. The predicted octanol–water partition coefficient (Wildman–Crippen LogP) is -0.0961. The molecule has 0 bridgehead atoms. The summed E-state index contributed by atoms with van der Waals surface area (Å²) in [6.45, 7) is 3.07. The summed E-state index contributed by atoms with van der Waals surface area (Å²) in [4.78, 5) is 6.23. The van der Waals surface area contributed by atoms with Crippen molar-refractivity contribution in [2.75, 3.05) is 79.2 Å². The fourth-order valence-electron chi connectivity index (χ4n) is 0.548. The third-order valence-electron chi connectivity index (χ3n) is 1.62. The fourth-order valence-corrected chi connectivity index (χ4v) is 1.64. The van der Waals surface area contributed by atoms with Gasteiger partial charge >= 0.3 is 17.4 Å². The Labute approximate surface area is 148 Å². The molecule has 3 nitrogen and oxygen atoms in total. The first-order chi connectivity index (χ1) is 8.31. The molecule has 0 rings (SSSR count). The average Bonchev–Trinajstić information content (AvgIpc) is 2.18. The maximum Gasteiger partial charge on any atom is 3.00 e. The van der Waals surface area contributed by atoms with Crippen LogP contribution >= 0.6 is 0 Å². The molecule has 0 spiro atoms. The molecule has 0 heterocycles. The first kappa shape index (κ1) is 28.6. The number of hydrogen-bond donors (Lipinski definition) is 0. The van der Waals surface area contributed by atoms with Crippen molar-refractivity contribution < 1.29 is 0 Å². The first-order valence-electron chi connectivity index (χ1n) is 6.00. The van der Waals surface area contributed by atoms with Gasteiger partial charge in [-0.15, -0.1) is 0 Å². The van der Waals surface area contributed by atoms with Crippen LogP contribution in [0.15, 0.2) is 0 Å². The molecule has 7 heteroatoms. The van der Waals surface area contributed by atoms with Crippen LogP contribution in [0.25, 0.3) is 0 Å². The van der Waals surface area contributed by atoms with Gasteiger partial charge < -0.3 is 52.6 Å². The van der Waals surface area contributed by atoms with Crippen molar-refractivity contribution in [2.24, 2.45) is 0 Å². The third kappa shape index (κ3) is 54.2. The van der Waals surface area contributed by atoms with E-state index in [2.05, 4.69) is 52.6 Å². The van der Waals surface area contributed by atoms with Crippen molar-refractivity contribution in [1.82, 2.24) is 14.7 Å². The van der Waals surface area contributed by atoms with Crippen molar-refractivity contribution in [3.05, 3.63) is 0 Å². The SMILES string of the molecule is CN(C)CC[S-].CN(C)CC[S-].CN(C)CC[S-].[Al+3]. The molecular formula is C12H30AlN3S3. The van der Waals surface area contributed by atoms with E-state index >= 15 is 0 Å². The van der Waals surface area contributed by atoms with E-state index in [0.29, 0.717) is 0 Å². The van der Waals surface area contributed by atoms with Gasteiger partial charge in [0.15, 0.2) is 0 Å². The van der Waals surface area contributed by atoms with Crippen molar-refractivity contribution in [3.8, 4) is 0 Å². The molecule has 0 aromatic carbocycles. The van der Waals surface area contributed by atoms with Gasteiger partial charge in [0.05, 0.1) is 0 Å². The predicted molar refractivity (Wildman–Crippen MR) is 98.1 cm³/mol. The van der Waals surface area contributed by atoms with Crippen LogP contribution in [0.1, 0.15) is 0 Å². The van der Waals surface area contributed by atoms with Crippen molar-refractivity contribution in [1.29, 1.82) is 0 Å². The van der Waals surface area contributed by atoms with Crippen LogP contribution in [0.2, 0.25) is 0 Å². The van der Waals surface area contributed by atoms with Crippen molar-refractivity contribution in [2.45, 2.75) is 0 Å². The standard InChI is InChI=1S/3C4H11NS.Al/c3*1-5(2)3-4-6;/h3*6H,3-4H2,1-2H3;/q;;;+3/p-3.